The normalized spacial score (nSPS) is 11.8. The first kappa shape index (κ1) is 32.3. The van der Waals surface area contributed by atoms with Crippen molar-refractivity contribution in [2.75, 3.05) is 9.80 Å². The Morgan fingerprint density at radius 3 is 1.46 bits per heavy atom. The smallest absolute Gasteiger partial charge is 0.0546 e. The summed E-state index contributed by atoms with van der Waals surface area (Å²) in [6.07, 6.45) is 0. The Bertz CT molecular complexity index is 3240. The molecule has 2 heteroatoms. The van der Waals surface area contributed by atoms with Gasteiger partial charge in [-0.3, -0.25) is 0 Å². The Balaban J connectivity index is 1.32. The molecular weight excluding hydrogens is 677 g/mol. The van der Waals surface area contributed by atoms with Crippen LogP contribution in [-0.2, 0) is 0 Å². The highest BCUT2D eigenvalue weighted by atomic mass is 15.1. The highest BCUT2D eigenvalue weighted by molar-refractivity contribution is 6.43. The zero-order valence-electron chi connectivity index (χ0n) is 31.4. The van der Waals surface area contributed by atoms with Crippen LogP contribution in [0, 0.1) is 13.8 Å². The number of hydrogen-bond acceptors (Lipinski definition) is 2. The minimum Gasteiger partial charge on any atom is -0.310 e. The van der Waals surface area contributed by atoms with E-state index >= 15 is 0 Å². The molecule has 0 heterocycles. The second kappa shape index (κ2) is 12.7. The molecule has 0 aliphatic rings. The van der Waals surface area contributed by atoms with E-state index in [1.54, 1.807) is 0 Å². The summed E-state index contributed by atoms with van der Waals surface area (Å²) in [5.41, 5.74) is 9.33. The molecule has 0 saturated heterocycles. The van der Waals surface area contributed by atoms with Gasteiger partial charge in [-0.05, 0) is 147 Å². The van der Waals surface area contributed by atoms with Gasteiger partial charge in [0.1, 0.15) is 0 Å². The molecule has 11 aromatic rings. The van der Waals surface area contributed by atoms with Crippen molar-refractivity contribution >= 4 is 98.8 Å². The lowest BCUT2D eigenvalue weighted by molar-refractivity contribution is 1.28. The van der Waals surface area contributed by atoms with Crippen LogP contribution in [0.15, 0.2) is 194 Å². The summed E-state index contributed by atoms with van der Waals surface area (Å²) in [6, 6.07) is 71.7. The number of fused-ring (bicyclic) bond motifs is 6. The van der Waals surface area contributed by atoms with Crippen molar-refractivity contribution in [3.63, 3.8) is 0 Å². The van der Waals surface area contributed by atoms with E-state index in [0.717, 1.165) is 28.4 Å². The van der Waals surface area contributed by atoms with Crippen molar-refractivity contribution < 1.29 is 0 Å². The van der Waals surface area contributed by atoms with Crippen LogP contribution in [0.25, 0.3) is 64.6 Å². The van der Waals surface area contributed by atoms with Gasteiger partial charge in [0.15, 0.2) is 0 Å². The monoisotopic (exact) mass is 714 g/mol. The highest BCUT2D eigenvalue weighted by Crippen LogP contribution is 2.51. The lowest BCUT2D eigenvalue weighted by Crippen LogP contribution is -2.11. The van der Waals surface area contributed by atoms with Crippen molar-refractivity contribution in [2.45, 2.75) is 13.8 Å². The number of nitrogens with zero attached hydrogens (tertiary/aromatic N) is 2. The molecule has 0 fully saturated rings. The molecule has 0 saturated carbocycles. The summed E-state index contributed by atoms with van der Waals surface area (Å²) >= 11 is 0. The summed E-state index contributed by atoms with van der Waals surface area (Å²) in [5, 5.41) is 15.2. The van der Waals surface area contributed by atoms with Gasteiger partial charge in [0.05, 0.1) is 5.69 Å². The second-order valence-electron chi connectivity index (χ2n) is 15.1. The summed E-state index contributed by atoms with van der Waals surface area (Å²) < 4.78 is 0. The Morgan fingerprint density at radius 2 is 0.768 bits per heavy atom. The molecule has 0 aromatic heterocycles. The van der Waals surface area contributed by atoms with Crippen LogP contribution in [0.4, 0.5) is 34.1 Å². The third-order valence-electron chi connectivity index (χ3n) is 11.6. The molecular formula is C54H38N2. The van der Waals surface area contributed by atoms with Crippen LogP contribution in [0.3, 0.4) is 0 Å². The Kier molecular flexibility index (Phi) is 7.33. The predicted molar refractivity (Wildman–Crippen MR) is 242 cm³/mol. The number of hydrogen-bond donors (Lipinski definition) is 0. The first-order valence-corrected chi connectivity index (χ1v) is 19.4. The maximum absolute atomic E-state index is 2.44. The summed E-state index contributed by atoms with van der Waals surface area (Å²) in [5.74, 6) is 0. The lowest BCUT2D eigenvalue weighted by atomic mass is 9.84. The van der Waals surface area contributed by atoms with Gasteiger partial charge in [-0.2, -0.15) is 0 Å². The molecule has 11 aromatic carbocycles. The van der Waals surface area contributed by atoms with E-state index in [1.165, 1.54) is 81.4 Å². The maximum atomic E-state index is 2.44. The van der Waals surface area contributed by atoms with Crippen molar-refractivity contribution in [3.8, 4) is 0 Å². The summed E-state index contributed by atoms with van der Waals surface area (Å²) in [7, 11) is 0. The summed E-state index contributed by atoms with van der Waals surface area (Å²) in [6.45, 7) is 4.30. The minimum absolute atomic E-state index is 1.13. The molecule has 0 aliphatic heterocycles. The molecule has 0 atom stereocenters. The first-order valence-electron chi connectivity index (χ1n) is 19.4. The average molecular weight is 715 g/mol. The third-order valence-corrected chi connectivity index (χ3v) is 11.6. The van der Waals surface area contributed by atoms with Crippen molar-refractivity contribution in [2.24, 2.45) is 0 Å². The number of rotatable bonds is 6. The van der Waals surface area contributed by atoms with Crippen LogP contribution in [0.2, 0.25) is 0 Å². The molecule has 11 rings (SSSR count). The number of aryl methyl sites for hydroxylation is 2. The zero-order valence-corrected chi connectivity index (χ0v) is 31.4. The number of benzene rings is 11. The van der Waals surface area contributed by atoms with Crippen LogP contribution in [0.1, 0.15) is 11.1 Å². The quantitative estimate of drug-likeness (QED) is 0.125. The van der Waals surface area contributed by atoms with E-state index in [0.29, 0.717) is 0 Å². The van der Waals surface area contributed by atoms with E-state index < -0.39 is 0 Å². The molecule has 0 aliphatic carbocycles. The largest absolute Gasteiger partial charge is 0.310 e. The fraction of sp³-hybridized carbons (Fsp3) is 0.0370. The number of anilines is 6. The van der Waals surface area contributed by atoms with E-state index in [1.807, 2.05) is 0 Å². The van der Waals surface area contributed by atoms with Gasteiger partial charge in [0.25, 0.3) is 0 Å². The van der Waals surface area contributed by atoms with Gasteiger partial charge in [0, 0.05) is 39.2 Å². The van der Waals surface area contributed by atoms with E-state index in [-0.39, 0.29) is 0 Å². The molecule has 0 bridgehead atoms. The van der Waals surface area contributed by atoms with Crippen molar-refractivity contribution in [1.82, 2.24) is 0 Å². The highest BCUT2D eigenvalue weighted by Gasteiger charge is 2.24. The van der Waals surface area contributed by atoms with Gasteiger partial charge >= 0.3 is 0 Å². The van der Waals surface area contributed by atoms with E-state index in [2.05, 4.69) is 218 Å². The Morgan fingerprint density at radius 1 is 0.268 bits per heavy atom. The van der Waals surface area contributed by atoms with Crippen molar-refractivity contribution in [3.05, 3.63) is 205 Å². The first-order chi connectivity index (χ1) is 27.6. The third kappa shape index (κ3) is 5.03. The van der Waals surface area contributed by atoms with Gasteiger partial charge in [-0.15, -0.1) is 0 Å². The minimum atomic E-state index is 1.13. The second-order valence-corrected chi connectivity index (χ2v) is 15.1. The van der Waals surface area contributed by atoms with Crippen LogP contribution in [0.5, 0.6) is 0 Å². The van der Waals surface area contributed by atoms with Crippen molar-refractivity contribution in [1.29, 1.82) is 0 Å². The predicted octanol–water partition coefficient (Wildman–Crippen LogP) is 15.6. The molecule has 56 heavy (non-hydrogen) atoms. The molecule has 0 amide bonds. The lowest BCUT2D eigenvalue weighted by Gasteiger charge is -2.29. The standard InChI is InChI=1S/C54H38N2/c1-35-23-27-43(28-24-35)55(41-16-5-3-6-17-41)45-33-40-31-37-13-9-10-20-46(37)53-51(40)48(34-45)47-21-11-14-38-32-39-15-12-22-49(52(39)54(53)50(38)47)56(42-18-7-4-8-19-42)44-29-25-36(2)26-30-44/h3-34H,1-2H3. The molecule has 0 N–H and O–H groups in total. The zero-order chi connectivity index (χ0) is 37.3. The van der Waals surface area contributed by atoms with Crippen LogP contribution < -0.4 is 9.80 Å². The van der Waals surface area contributed by atoms with Crippen LogP contribution >= 0.6 is 0 Å². The van der Waals surface area contributed by atoms with Gasteiger partial charge < -0.3 is 9.80 Å². The SMILES string of the molecule is Cc1ccc(N(c2ccccc2)c2cc3cc4ccccc4c4c3c(c2)c2cccc3cc5cccc(N(c6ccccc6)c6ccc(C)cc6)c5c4c32)cc1. The topological polar surface area (TPSA) is 6.48 Å². The van der Waals surface area contributed by atoms with E-state index in [4.69, 9.17) is 0 Å². The van der Waals surface area contributed by atoms with Gasteiger partial charge in [0.2, 0.25) is 0 Å². The Labute approximate surface area is 326 Å². The summed E-state index contributed by atoms with van der Waals surface area (Å²) in [4.78, 5) is 4.84. The maximum Gasteiger partial charge on any atom is 0.0546 e. The average Bonchev–Trinajstić information content (AvgIpc) is 3.24. The molecule has 2 nitrogen and oxygen atoms in total. The molecule has 0 radical (unpaired) electrons. The van der Waals surface area contributed by atoms with E-state index in [9.17, 15) is 0 Å². The fourth-order valence-electron chi connectivity index (χ4n) is 9.08. The van der Waals surface area contributed by atoms with Crippen LogP contribution in [-0.4, -0.2) is 0 Å². The van der Waals surface area contributed by atoms with Gasteiger partial charge in [-0.1, -0.05) is 126 Å². The fourth-order valence-corrected chi connectivity index (χ4v) is 9.08. The molecule has 0 unspecified atom stereocenters. The number of para-hydroxylation sites is 2. The Hall–Kier alpha value is -7.16. The molecule has 0 spiro atoms. The molecule has 264 valence electrons. The van der Waals surface area contributed by atoms with Gasteiger partial charge in [-0.25, -0.2) is 0 Å².